The Morgan fingerprint density at radius 2 is 2.06 bits per heavy atom. The fourth-order valence-corrected chi connectivity index (χ4v) is 3.10. The Balaban J connectivity index is 2.31. The standard InChI is InChI=1S/C14H29NO/c1-5-6-12(15)10-16-13-7-11(2)8-14(3,4)9-13/h11-13H,5-10,15H2,1-4H3. The summed E-state index contributed by atoms with van der Waals surface area (Å²) < 4.78 is 5.98. The molecule has 0 radical (unpaired) electrons. The van der Waals surface area contributed by atoms with Gasteiger partial charge in [-0.3, -0.25) is 0 Å². The third-order valence-electron chi connectivity index (χ3n) is 3.55. The molecule has 1 aliphatic rings. The lowest BCUT2D eigenvalue weighted by Gasteiger charge is -2.39. The molecule has 1 fully saturated rings. The summed E-state index contributed by atoms with van der Waals surface area (Å²) in [5.74, 6) is 0.788. The SMILES string of the molecule is CCCC(N)COC1CC(C)CC(C)(C)C1. The van der Waals surface area contributed by atoms with Gasteiger partial charge >= 0.3 is 0 Å². The van der Waals surface area contributed by atoms with Crippen LogP contribution in [0.15, 0.2) is 0 Å². The second-order valence-electron chi connectivity index (χ2n) is 6.42. The molecule has 2 heteroatoms. The highest BCUT2D eigenvalue weighted by molar-refractivity contribution is 4.83. The van der Waals surface area contributed by atoms with Crippen molar-refractivity contribution >= 4 is 0 Å². The van der Waals surface area contributed by atoms with Gasteiger partial charge in [0.05, 0.1) is 12.7 Å². The Morgan fingerprint density at radius 1 is 1.38 bits per heavy atom. The average molecular weight is 227 g/mol. The molecule has 96 valence electrons. The van der Waals surface area contributed by atoms with E-state index in [0.717, 1.165) is 25.4 Å². The van der Waals surface area contributed by atoms with Crippen molar-refractivity contribution in [3.63, 3.8) is 0 Å². The van der Waals surface area contributed by atoms with Crippen LogP contribution in [0.3, 0.4) is 0 Å². The van der Waals surface area contributed by atoms with Crippen LogP contribution in [0.5, 0.6) is 0 Å². The number of nitrogens with two attached hydrogens (primary N) is 1. The smallest absolute Gasteiger partial charge is 0.0621 e. The Labute approximate surface area is 101 Å². The van der Waals surface area contributed by atoms with E-state index in [1.807, 2.05) is 0 Å². The fourth-order valence-electron chi connectivity index (χ4n) is 3.10. The maximum Gasteiger partial charge on any atom is 0.0621 e. The quantitative estimate of drug-likeness (QED) is 0.781. The molecule has 0 spiro atoms. The second kappa shape index (κ2) is 6.02. The minimum atomic E-state index is 0.227. The summed E-state index contributed by atoms with van der Waals surface area (Å²) in [6.07, 6.45) is 6.39. The van der Waals surface area contributed by atoms with Crippen LogP contribution in [0.1, 0.15) is 59.8 Å². The molecule has 0 aromatic carbocycles. The third kappa shape index (κ3) is 4.84. The van der Waals surface area contributed by atoms with Gasteiger partial charge in [-0.2, -0.15) is 0 Å². The largest absolute Gasteiger partial charge is 0.377 e. The molecule has 16 heavy (non-hydrogen) atoms. The zero-order valence-electron chi connectivity index (χ0n) is 11.5. The molecule has 3 atom stereocenters. The van der Waals surface area contributed by atoms with Crippen LogP contribution in [-0.2, 0) is 4.74 Å². The lowest BCUT2D eigenvalue weighted by atomic mass is 9.71. The summed E-state index contributed by atoms with van der Waals surface area (Å²) in [4.78, 5) is 0. The molecule has 0 amide bonds. The molecule has 0 bridgehead atoms. The van der Waals surface area contributed by atoms with Crippen LogP contribution in [0.4, 0.5) is 0 Å². The zero-order valence-corrected chi connectivity index (χ0v) is 11.5. The maximum absolute atomic E-state index is 5.98. The van der Waals surface area contributed by atoms with Crippen LogP contribution in [0.2, 0.25) is 0 Å². The topological polar surface area (TPSA) is 35.2 Å². The molecule has 0 heterocycles. The molecular formula is C14H29NO. The van der Waals surface area contributed by atoms with Crippen molar-refractivity contribution in [3.05, 3.63) is 0 Å². The minimum Gasteiger partial charge on any atom is -0.377 e. The summed E-state index contributed by atoms with van der Waals surface area (Å²) >= 11 is 0. The summed E-state index contributed by atoms with van der Waals surface area (Å²) in [5, 5.41) is 0. The van der Waals surface area contributed by atoms with Crippen molar-refractivity contribution in [2.45, 2.75) is 71.9 Å². The minimum absolute atomic E-state index is 0.227. The molecular weight excluding hydrogens is 198 g/mol. The number of hydrogen-bond acceptors (Lipinski definition) is 2. The predicted molar refractivity (Wildman–Crippen MR) is 69.4 cm³/mol. The van der Waals surface area contributed by atoms with Crippen molar-refractivity contribution in [3.8, 4) is 0 Å². The molecule has 3 unspecified atom stereocenters. The van der Waals surface area contributed by atoms with Crippen molar-refractivity contribution in [1.82, 2.24) is 0 Å². The summed E-state index contributed by atoms with van der Waals surface area (Å²) in [7, 11) is 0. The highest BCUT2D eigenvalue weighted by Crippen LogP contribution is 2.39. The van der Waals surface area contributed by atoms with Crippen molar-refractivity contribution in [2.24, 2.45) is 17.1 Å². The first-order valence-corrected chi connectivity index (χ1v) is 6.80. The van der Waals surface area contributed by atoms with Gasteiger partial charge in [-0.15, -0.1) is 0 Å². The highest BCUT2D eigenvalue weighted by atomic mass is 16.5. The highest BCUT2D eigenvalue weighted by Gasteiger charge is 2.32. The van der Waals surface area contributed by atoms with E-state index >= 15 is 0 Å². The first kappa shape index (κ1) is 14.0. The van der Waals surface area contributed by atoms with Crippen LogP contribution in [0, 0.1) is 11.3 Å². The molecule has 1 saturated carbocycles. The van der Waals surface area contributed by atoms with Crippen molar-refractivity contribution in [1.29, 1.82) is 0 Å². The Bertz CT molecular complexity index is 203. The monoisotopic (exact) mass is 227 g/mol. The van der Waals surface area contributed by atoms with E-state index in [1.54, 1.807) is 0 Å². The van der Waals surface area contributed by atoms with Crippen LogP contribution >= 0.6 is 0 Å². The Hall–Kier alpha value is -0.0800. The van der Waals surface area contributed by atoms with E-state index in [2.05, 4.69) is 27.7 Å². The molecule has 0 saturated heterocycles. The second-order valence-corrected chi connectivity index (χ2v) is 6.42. The van der Waals surface area contributed by atoms with Gasteiger partial charge in [0.1, 0.15) is 0 Å². The van der Waals surface area contributed by atoms with Gasteiger partial charge in [-0.25, -0.2) is 0 Å². The van der Waals surface area contributed by atoms with Crippen molar-refractivity contribution < 1.29 is 4.74 Å². The molecule has 2 N–H and O–H groups in total. The lowest BCUT2D eigenvalue weighted by Crippen LogP contribution is -2.36. The van der Waals surface area contributed by atoms with Crippen LogP contribution in [0.25, 0.3) is 0 Å². The van der Waals surface area contributed by atoms with Gasteiger partial charge in [0.25, 0.3) is 0 Å². The van der Waals surface area contributed by atoms with Gasteiger partial charge in [-0.05, 0) is 37.0 Å². The van der Waals surface area contributed by atoms with Gasteiger partial charge in [-0.1, -0.05) is 34.1 Å². The van der Waals surface area contributed by atoms with E-state index in [4.69, 9.17) is 10.5 Å². The molecule has 0 aliphatic heterocycles. The molecule has 0 aromatic rings. The Kier molecular flexibility index (Phi) is 5.26. The first-order valence-electron chi connectivity index (χ1n) is 6.80. The van der Waals surface area contributed by atoms with E-state index in [-0.39, 0.29) is 6.04 Å². The van der Waals surface area contributed by atoms with E-state index < -0.39 is 0 Å². The van der Waals surface area contributed by atoms with Crippen LogP contribution < -0.4 is 5.73 Å². The van der Waals surface area contributed by atoms with Gasteiger partial charge < -0.3 is 10.5 Å². The average Bonchev–Trinajstić information content (AvgIpc) is 2.12. The van der Waals surface area contributed by atoms with Crippen LogP contribution in [-0.4, -0.2) is 18.8 Å². The van der Waals surface area contributed by atoms with Crippen molar-refractivity contribution in [2.75, 3.05) is 6.61 Å². The molecule has 1 aliphatic carbocycles. The number of hydrogen-bond donors (Lipinski definition) is 1. The van der Waals surface area contributed by atoms with E-state index in [1.165, 1.54) is 19.3 Å². The fraction of sp³-hybridized carbons (Fsp3) is 1.00. The summed E-state index contributed by atoms with van der Waals surface area (Å²) in [5.41, 5.74) is 6.42. The third-order valence-corrected chi connectivity index (χ3v) is 3.55. The molecule has 2 nitrogen and oxygen atoms in total. The van der Waals surface area contributed by atoms with E-state index in [0.29, 0.717) is 11.5 Å². The van der Waals surface area contributed by atoms with Gasteiger partial charge in [0.15, 0.2) is 0 Å². The maximum atomic E-state index is 5.98. The number of ether oxygens (including phenoxy) is 1. The molecule has 1 rings (SSSR count). The van der Waals surface area contributed by atoms with Gasteiger partial charge in [0, 0.05) is 6.04 Å². The number of rotatable bonds is 5. The normalized spacial score (nSPS) is 31.3. The lowest BCUT2D eigenvalue weighted by molar-refractivity contribution is -0.0282. The van der Waals surface area contributed by atoms with E-state index in [9.17, 15) is 0 Å². The zero-order chi connectivity index (χ0) is 12.2. The predicted octanol–water partition coefficient (Wildman–Crippen LogP) is 3.35. The summed E-state index contributed by atoms with van der Waals surface area (Å²) in [6.45, 7) is 9.95. The Morgan fingerprint density at radius 3 is 2.62 bits per heavy atom. The van der Waals surface area contributed by atoms with Gasteiger partial charge in [0.2, 0.25) is 0 Å². The first-order chi connectivity index (χ1) is 7.43. The molecule has 0 aromatic heterocycles. The summed E-state index contributed by atoms with van der Waals surface area (Å²) in [6, 6.07) is 0.227.